The molecule has 2 amide bonds. The molecule has 142 valence electrons. The van der Waals surface area contributed by atoms with E-state index in [1.54, 1.807) is 18.2 Å². The molecule has 1 heterocycles. The Labute approximate surface area is 160 Å². The van der Waals surface area contributed by atoms with Crippen LogP contribution in [0.5, 0.6) is 0 Å². The number of nitrogens with zero attached hydrogens (tertiary/aromatic N) is 1. The van der Waals surface area contributed by atoms with Crippen LogP contribution in [0.15, 0.2) is 30.3 Å². The summed E-state index contributed by atoms with van der Waals surface area (Å²) in [7, 11) is 0. The fourth-order valence-electron chi connectivity index (χ4n) is 3.75. The van der Waals surface area contributed by atoms with Crippen molar-refractivity contribution in [3.05, 3.63) is 58.4 Å². The number of carbonyl (C=O) groups excluding carboxylic acids is 2. The molecule has 2 aromatic rings. The molecule has 0 saturated heterocycles. The van der Waals surface area contributed by atoms with E-state index in [1.807, 2.05) is 32.9 Å². The van der Waals surface area contributed by atoms with E-state index in [-0.39, 0.29) is 29.2 Å². The first-order chi connectivity index (χ1) is 12.9. The second-order valence-corrected chi connectivity index (χ2v) is 7.44. The van der Waals surface area contributed by atoms with Crippen LogP contribution in [0.3, 0.4) is 0 Å². The normalized spacial score (nSPS) is 14.6. The second kappa shape index (κ2) is 8.33. The summed E-state index contributed by atoms with van der Waals surface area (Å²) in [6.07, 6.45) is 5.56. The summed E-state index contributed by atoms with van der Waals surface area (Å²) >= 11 is 0. The van der Waals surface area contributed by atoms with Crippen molar-refractivity contribution in [1.29, 1.82) is 0 Å². The van der Waals surface area contributed by atoms with Gasteiger partial charge in [0.1, 0.15) is 11.4 Å². The minimum absolute atomic E-state index is 0.209. The van der Waals surface area contributed by atoms with Crippen molar-refractivity contribution in [2.75, 3.05) is 5.32 Å². The molecule has 2 N–H and O–H groups in total. The van der Waals surface area contributed by atoms with Gasteiger partial charge in [-0.15, -0.1) is 0 Å². The van der Waals surface area contributed by atoms with E-state index >= 15 is 0 Å². The van der Waals surface area contributed by atoms with Crippen molar-refractivity contribution in [3.63, 3.8) is 0 Å². The summed E-state index contributed by atoms with van der Waals surface area (Å²) in [5.74, 6) is -0.517. The molecule has 0 radical (unpaired) electrons. The zero-order chi connectivity index (χ0) is 19.4. The summed E-state index contributed by atoms with van der Waals surface area (Å²) in [6, 6.07) is 9.26. The van der Waals surface area contributed by atoms with Gasteiger partial charge in [0.2, 0.25) is 0 Å². The Bertz CT molecular complexity index is 831. The molecule has 1 aromatic heterocycles. The van der Waals surface area contributed by atoms with E-state index in [0.717, 1.165) is 48.1 Å². The third-order valence-corrected chi connectivity index (χ3v) is 5.07. The van der Waals surface area contributed by atoms with Crippen molar-refractivity contribution in [1.82, 2.24) is 10.3 Å². The maximum Gasteiger partial charge on any atom is 0.274 e. The Morgan fingerprint density at radius 1 is 0.926 bits per heavy atom. The van der Waals surface area contributed by atoms with Crippen molar-refractivity contribution < 1.29 is 9.59 Å². The molecule has 27 heavy (non-hydrogen) atoms. The molecule has 1 aliphatic carbocycles. The zero-order valence-electron chi connectivity index (χ0n) is 16.3. The molecule has 0 bridgehead atoms. The Kier molecular flexibility index (Phi) is 5.89. The van der Waals surface area contributed by atoms with Crippen molar-refractivity contribution in [2.45, 2.75) is 58.9 Å². The Hall–Kier alpha value is -2.69. The first kappa shape index (κ1) is 19.1. The van der Waals surface area contributed by atoms with Gasteiger partial charge in [-0.05, 0) is 56.9 Å². The number of nitrogens with one attached hydrogen (secondary N) is 2. The minimum Gasteiger partial charge on any atom is -0.348 e. The van der Waals surface area contributed by atoms with Gasteiger partial charge in [-0.2, -0.15) is 0 Å². The molecular formula is C22H27N3O2. The highest BCUT2D eigenvalue weighted by Gasteiger charge is 2.19. The van der Waals surface area contributed by atoms with E-state index in [0.29, 0.717) is 0 Å². The predicted octanol–water partition coefficient (Wildman–Crippen LogP) is 4.32. The third kappa shape index (κ3) is 4.73. The van der Waals surface area contributed by atoms with Gasteiger partial charge in [-0.1, -0.05) is 43.0 Å². The van der Waals surface area contributed by atoms with Crippen LogP contribution < -0.4 is 10.6 Å². The van der Waals surface area contributed by atoms with Crippen LogP contribution in [0.4, 0.5) is 5.69 Å². The lowest BCUT2D eigenvalue weighted by atomic mass is 9.95. The van der Waals surface area contributed by atoms with E-state index in [4.69, 9.17) is 0 Å². The summed E-state index contributed by atoms with van der Waals surface area (Å²) in [5, 5.41) is 5.98. The maximum atomic E-state index is 12.7. The van der Waals surface area contributed by atoms with Crippen molar-refractivity contribution >= 4 is 17.5 Å². The minimum atomic E-state index is -0.308. The Morgan fingerprint density at radius 2 is 1.52 bits per heavy atom. The number of anilines is 1. The smallest absolute Gasteiger partial charge is 0.274 e. The highest BCUT2D eigenvalue weighted by molar-refractivity contribution is 6.04. The number of rotatable bonds is 4. The van der Waals surface area contributed by atoms with E-state index in [1.165, 1.54) is 6.42 Å². The molecule has 5 nitrogen and oxygen atoms in total. The lowest BCUT2D eigenvalue weighted by molar-refractivity contribution is 0.0922. The average molecular weight is 365 g/mol. The van der Waals surface area contributed by atoms with Gasteiger partial charge in [0.15, 0.2) is 0 Å². The molecule has 1 aromatic carbocycles. The topological polar surface area (TPSA) is 71.1 Å². The third-order valence-electron chi connectivity index (χ3n) is 5.07. The molecule has 1 fully saturated rings. The number of aromatic nitrogens is 1. The molecule has 3 rings (SSSR count). The van der Waals surface area contributed by atoms with Gasteiger partial charge in [0.05, 0.1) is 0 Å². The number of amides is 2. The molecule has 0 spiro atoms. The average Bonchev–Trinajstić information content (AvgIpc) is 2.65. The van der Waals surface area contributed by atoms with Gasteiger partial charge < -0.3 is 10.6 Å². The second-order valence-electron chi connectivity index (χ2n) is 7.44. The van der Waals surface area contributed by atoms with Crippen LogP contribution in [0.25, 0.3) is 0 Å². The summed E-state index contributed by atoms with van der Waals surface area (Å²) in [4.78, 5) is 29.4. The van der Waals surface area contributed by atoms with Crippen LogP contribution in [0.1, 0.15) is 69.8 Å². The molecule has 1 aliphatic rings. The molecule has 1 saturated carbocycles. The standard InChI is InChI=1S/C22H27N3O2/c1-14-12-15(2)20(16(3)13-14)25-22(27)19-11-7-10-18(24-19)21(26)23-17-8-5-4-6-9-17/h7,10-13,17H,4-6,8-9H2,1-3H3,(H,23,26)(H,25,27). The SMILES string of the molecule is Cc1cc(C)c(NC(=O)c2cccc(C(=O)NC3CCCCC3)n2)c(C)c1. The largest absolute Gasteiger partial charge is 0.348 e. The highest BCUT2D eigenvalue weighted by atomic mass is 16.2. The maximum absolute atomic E-state index is 12.7. The summed E-state index contributed by atoms with van der Waals surface area (Å²) < 4.78 is 0. The molecule has 0 unspecified atom stereocenters. The lowest BCUT2D eigenvalue weighted by Gasteiger charge is -2.22. The Balaban J connectivity index is 1.73. The van der Waals surface area contributed by atoms with Crippen molar-refractivity contribution in [3.8, 4) is 0 Å². The van der Waals surface area contributed by atoms with Gasteiger partial charge >= 0.3 is 0 Å². The van der Waals surface area contributed by atoms with Gasteiger partial charge in [0.25, 0.3) is 11.8 Å². The quantitative estimate of drug-likeness (QED) is 0.847. The van der Waals surface area contributed by atoms with E-state index in [2.05, 4.69) is 15.6 Å². The first-order valence-corrected chi connectivity index (χ1v) is 9.61. The number of benzene rings is 1. The molecule has 0 aliphatic heterocycles. The van der Waals surface area contributed by atoms with Crippen LogP contribution in [-0.2, 0) is 0 Å². The fourth-order valence-corrected chi connectivity index (χ4v) is 3.75. The summed E-state index contributed by atoms with van der Waals surface area (Å²) in [5.41, 5.74) is 4.49. The van der Waals surface area contributed by atoms with Gasteiger partial charge in [0, 0.05) is 11.7 Å². The highest BCUT2D eigenvalue weighted by Crippen LogP contribution is 2.22. The number of carbonyl (C=O) groups is 2. The molecule has 5 heteroatoms. The van der Waals surface area contributed by atoms with Gasteiger partial charge in [-0.25, -0.2) is 4.98 Å². The van der Waals surface area contributed by atoms with Crippen LogP contribution >= 0.6 is 0 Å². The van der Waals surface area contributed by atoms with Crippen LogP contribution in [0.2, 0.25) is 0 Å². The summed E-state index contributed by atoms with van der Waals surface area (Å²) in [6.45, 7) is 5.97. The zero-order valence-corrected chi connectivity index (χ0v) is 16.3. The number of hydrogen-bond donors (Lipinski definition) is 2. The first-order valence-electron chi connectivity index (χ1n) is 9.61. The molecular weight excluding hydrogens is 338 g/mol. The Morgan fingerprint density at radius 3 is 2.15 bits per heavy atom. The van der Waals surface area contributed by atoms with Gasteiger partial charge in [-0.3, -0.25) is 9.59 Å². The van der Waals surface area contributed by atoms with Crippen LogP contribution in [0, 0.1) is 20.8 Å². The van der Waals surface area contributed by atoms with Crippen LogP contribution in [-0.4, -0.2) is 22.8 Å². The van der Waals surface area contributed by atoms with E-state index < -0.39 is 0 Å². The van der Waals surface area contributed by atoms with E-state index in [9.17, 15) is 9.59 Å². The lowest BCUT2D eigenvalue weighted by Crippen LogP contribution is -2.36. The predicted molar refractivity (Wildman–Crippen MR) is 107 cm³/mol. The number of hydrogen-bond acceptors (Lipinski definition) is 3. The monoisotopic (exact) mass is 365 g/mol. The molecule has 0 atom stereocenters. The number of aryl methyl sites for hydroxylation is 3. The number of pyridine rings is 1. The fraction of sp³-hybridized carbons (Fsp3) is 0.409. The van der Waals surface area contributed by atoms with Crippen molar-refractivity contribution in [2.24, 2.45) is 0 Å².